The van der Waals surface area contributed by atoms with Gasteiger partial charge in [-0.3, -0.25) is 4.79 Å². The van der Waals surface area contributed by atoms with Gasteiger partial charge >= 0.3 is 0 Å². The van der Waals surface area contributed by atoms with Crippen LogP contribution >= 0.6 is 24.0 Å². The molecule has 1 aromatic carbocycles. The van der Waals surface area contributed by atoms with Gasteiger partial charge in [-0.2, -0.15) is 0 Å². The van der Waals surface area contributed by atoms with E-state index in [-0.39, 0.29) is 24.4 Å². The van der Waals surface area contributed by atoms with Gasteiger partial charge in [0, 0.05) is 23.2 Å². The van der Waals surface area contributed by atoms with Crippen molar-refractivity contribution in [3.63, 3.8) is 0 Å². The predicted molar refractivity (Wildman–Crippen MR) is 81.3 cm³/mol. The molecule has 1 saturated heterocycles. The van der Waals surface area contributed by atoms with Gasteiger partial charge in [-0.15, -0.1) is 12.4 Å². The van der Waals surface area contributed by atoms with Crippen molar-refractivity contribution >= 4 is 29.9 Å². The molecule has 1 amide bonds. The largest absolute Gasteiger partial charge is 0.348 e. The van der Waals surface area contributed by atoms with Crippen LogP contribution in [0.5, 0.6) is 0 Å². The molecule has 2 unspecified atom stereocenters. The summed E-state index contributed by atoms with van der Waals surface area (Å²) in [6, 6.07) is 5.62. The number of carbonyl (C=O) groups is 1. The van der Waals surface area contributed by atoms with Crippen molar-refractivity contribution in [2.45, 2.75) is 26.3 Å². The van der Waals surface area contributed by atoms with E-state index < -0.39 is 0 Å². The first kappa shape index (κ1) is 16.3. The molecule has 1 heterocycles. The van der Waals surface area contributed by atoms with Gasteiger partial charge in [0.25, 0.3) is 5.91 Å². The molecule has 1 aliphatic heterocycles. The summed E-state index contributed by atoms with van der Waals surface area (Å²) < 4.78 is 0. The zero-order valence-electron chi connectivity index (χ0n) is 11.2. The highest BCUT2D eigenvalue weighted by atomic mass is 35.5. The maximum Gasteiger partial charge on any atom is 0.251 e. The molecule has 2 N–H and O–H groups in total. The molecule has 0 radical (unpaired) electrons. The second kappa shape index (κ2) is 7.13. The van der Waals surface area contributed by atoms with Crippen LogP contribution in [0.15, 0.2) is 18.2 Å². The summed E-state index contributed by atoms with van der Waals surface area (Å²) in [4.78, 5) is 12.1. The lowest BCUT2D eigenvalue weighted by molar-refractivity contribution is 0.0915. The number of amides is 1. The van der Waals surface area contributed by atoms with Gasteiger partial charge in [-0.1, -0.05) is 24.6 Å². The Kier molecular flexibility index (Phi) is 6.11. The highest BCUT2D eigenvalue weighted by Crippen LogP contribution is 2.17. The summed E-state index contributed by atoms with van der Waals surface area (Å²) in [5, 5.41) is 7.01. The number of piperidine rings is 1. The fourth-order valence-corrected chi connectivity index (χ4v) is 2.35. The molecule has 1 fully saturated rings. The van der Waals surface area contributed by atoms with Crippen LogP contribution in [-0.4, -0.2) is 25.0 Å². The summed E-state index contributed by atoms with van der Waals surface area (Å²) >= 11 is 6.04. The first-order valence-electron chi connectivity index (χ1n) is 6.35. The molecule has 5 heteroatoms. The van der Waals surface area contributed by atoms with Gasteiger partial charge in [0.15, 0.2) is 0 Å². The molecule has 2 rings (SSSR count). The smallest absolute Gasteiger partial charge is 0.251 e. The minimum atomic E-state index is -0.0440. The van der Waals surface area contributed by atoms with Crippen LogP contribution in [0.25, 0.3) is 0 Å². The van der Waals surface area contributed by atoms with E-state index in [1.54, 1.807) is 6.07 Å². The lowest BCUT2D eigenvalue weighted by atomic mass is 9.94. The number of rotatable bonds is 2. The van der Waals surface area contributed by atoms with Crippen molar-refractivity contribution in [2.75, 3.05) is 13.1 Å². The molecule has 19 heavy (non-hydrogen) atoms. The van der Waals surface area contributed by atoms with Crippen LogP contribution in [0.3, 0.4) is 0 Å². The summed E-state index contributed by atoms with van der Waals surface area (Å²) in [5.74, 6) is 0.466. The average Bonchev–Trinajstić information content (AvgIpc) is 2.35. The Labute approximate surface area is 125 Å². The van der Waals surface area contributed by atoms with Crippen LogP contribution in [-0.2, 0) is 0 Å². The van der Waals surface area contributed by atoms with Gasteiger partial charge in [0.1, 0.15) is 0 Å². The van der Waals surface area contributed by atoms with Gasteiger partial charge in [0.05, 0.1) is 0 Å². The van der Waals surface area contributed by atoms with Crippen molar-refractivity contribution in [3.8, 4) is 0 Å². The quantitative estimate of drug-likeness (QED) is 0.882. The molecular formula is C14H20Cl2N2O. The van der Waals surface area contributed by atoms with Crippen molar-refractivity contribution in [2.24, 2.45) is 5.92 Å². The Hall–Kier alpha value is -0.770. The molecule has 1 aromatic rings. The summed E-state index contributed by atoms with van der Waals surface area (Å²) in [6.07, 6.45) is 1.10. The van der Waals surface area contributed by atoms with E-state index in [4.69, 9.17) is 11.6 Å². The second-order valence-corrected chi connectivity index (χ2v) is 5.42. The fourth-order valence-electron chi connectivity index (χ4n) is 2.17. The van der Waals surface area contributed by atoms with Crippen molar-refractivity contribution < 1.29 is 4.79 Å². The monoisotopic (exact) mass is 302 g/mol. The van der Waals surface area contributed by atoms with Gasteiger partial charge in [0.2, 0.25) is 0 Å². The van der Waals surface area contributed by atoms with E-state index >= 15 is 0 Å². The zero-order valence-corrected chi connectivity index (χ0v) is 12.8. The third-order valence-corrected chi connectivity index (χ3v) is 3.99. The number of hydrogen-bond donors (Lipinski definition) is 2. The third-order valence-electron chi connectivity index (χ3n) is 3.58. The molecular weight excluding hydrogens is 283 g/mol. The van der Waals surface area contributed by atoms with E-state index in [1.165, 1.54) is 0 Å². The molecule has 0 aromatic heterocycles. The molecule has 106 valence electrons. The number of carbonyl (C=O) groups excluding carboxylic acids is 1. The summed E-state index contributed by atoms with van der Waals surface area (Å²) in [5.41, 5.74) is 1.62. The molecule has 0 spiro atoms. The number of nitrogens with one attached hydrogen (secondary N) is 2. The Bertz CT molecular complexity index is 451. The first-order chi connectivity index (χ1) is 8.58. The van der Waals surface area contributed by atoms with Gasteiger partial charge < -0.3 is 10.6 Å². The van der Waals surface area contributed by atoms with Gasteiger partial charge in [-0.25, -0.2) is 0 Å². The van der Waals surface area contributed by atoms with Crippen LogP contribution in [0.4, 0.5) is 0 Å². The normalized spacial score (nSPS) is 22.5. The number of halogens is 2. The number of aryl methyl sites for hydroxylation is 1. The Balaban J connectivity index is 0.00000180. The predicted octanol–water partition coefficient (Wildman–Crippen LogP) is 2.80. The number of benzene rings is 1. The van der Waals surface area contributed by atoms with Gasteiger partial charge in [-0.05, 0) is 43.5 Å². The Morgan fingerprint density at radius 2 is 2.21 bits per heavy atom. The Morgan fingerprint density at radius 3 is 2.84 bits per heavy atom. The topological polar surface area (TPSA) is 41.1 Å². The minimum absolute atomic E-state index is 0. The fraction of sp³-hybridized carbons (Fsp3) is 0.500. The van der Waals surface area contributed by atoms with E-state index in [0.29, 0.717) is 16.5 Å². The zero-order chi connectivity index (χ0) is 13.1. The molecule has 3 nitrogen and oxygen atoms in total. The lowest BCUT2D eigenvalue weighted by Crippen LogP contribution is -2.50. The first-order valence-corrected chi connectivity index (χ1v) is 6.73. The van der Waals surface area contributed by atoms with Crippen molar-refractivity contribution in [1.82, 2.24) is 10.6 Å². The van der Waals surface area contributed by atoms with Crippen molar-refractivity contribution in [3.05, 3.63) is 34.3 Å². The van der Waals surface area contributed by atoms with E-state index in [9.17, 15) is 4.79 Å². The van der Waals surface area contributed by atoms with Crippen molar-refractivity contribution in [1.29, 1.82) is 0 Å². The molecule has 1 aliphatic rings. The average molecular weight is 303 g/mol. The summed E-state index contributed by atoms with van der Waals surface area (Å²) in [7, 11) is 0. The molecule has 0 bridgehead atoms. The highest BCUT2D eigenvalue weighted by molar-refractivity contribution is 6.31. The molecule has 0 saturated carbocycles. The maximum absolute atomic E-state index is 12.1. The Morgan fingerprint density at radius 1 is 1.47 bits per heavy atom. The van der Waals surface area contributed by atoms with Crippen LogP contribution in [0.2, 0.25) is 5.02 Å². The summed E-state index contributed by atoms with van der Waals surface area (Å²) in [6.45, 7) is 5.97. The van der Waals surface area contributed by atoms with E-state index in [2.05, 4.69) is 17.6 Å². The maximum atomic E-state index is 12.1. The number of hydrogen-bond acceptors (Lipinski definition) is 2. The van der Waals surface area contributed by atoms with Crippen LogP contribution in [0, 0.1) is 12.8 Å². The minimum Gasteiger partial charge on any atom is -0.348 e. The SMILES string of the molecule is Cc1ccc(C(=O)NC2CNCCC2C)cc1Cl.Cl. The standard InChI is InChI=1S/C14H19ClN2O.ClH/c1-9-3-4-11(7-12(9)15)14(18)17-13-8-16-6-5-10(13)2;/h3-4,7,10,13,16H,5-6,8H2,1-2H3,(H,17,18);1H. The van der Waals surface area contributed by atoms with E-state index in [0.717, 1.165) is 25.1 Å². The molecule has 0 aliphatic carbocycles. The molecule has 2 atom stereocenters. The van der Waals surface area contributed by atoms with E-state index in [1.807, 2.05) is 19.1 Å². The third kappa shape index (κ3) is 4.10. The van der Waals surface area contributed by atoms with Crippen LogP contribution < -0.4 is 10.6 Å². The highest BCUT2D eigenvalue weighted by Gasteiger charge is 2.23. The van der Waals surface area contributed by atoms with Crippen LogP contribution in [0.1, 0.15) is 29.3 Å². The second-order valence-electron chi connectivity index (χ2n) is 5.01. The lowest BCUT2D eigenvalue weighted by Gasteiger charge is -2.30.